The van der Waals surface area contributed by atoms with Crippen molar-refractivity contribution in [3.05, 3.63) is 23.2 Å². The van der Waals surface area contributed by atoms with E-state index in [0.717, 1.165) is 31.0 Å². The van der Waals surface area contributed by atoms with Crippen molar-refractivity contribution in [1.29, 1.82) is 0 Å². The number of carbonyl (C=O) groups excluding carboxylic acids is 1. The van der Waals surface area contributed by atoms with Crippen LogP contribution in [0.15, 0.2) is 10.5 Å². The molecule has 0 saturated carbocycles. The average Bonchev–Trinajstić information content (AvgIpc) is 2.62. The summed E-state index contributed by atoms with van der Waals surface area (Å²) in [6.45, 7) is 5.01. The summed E-state index contributed by atoms with van der Waals surface area (Å²) >= 11 is 5.38. The molecule has 0 unspecified atom stereocenters. The first-order valence-electron chi connectivity index (χ1n) is 5.68. The van der Waals surface area contributed by atoms with Gasteiger partial charge in [0.1, 0.15) is 5.76 Å². The number of piperidine rings is 1. The van der Waals surface area contributed by atoms with Crippen molar-refractivity contribution >= 4 is 16.8 Å². The van der Waals surface area contributed by atoms with Gasteiger partial charge in [0.2, 0.25) is 0 Å². The lowest BCUT2D eigenvalue weighted by Crippen LogP contribution is -2.29. The number of aryl methyl sites for hydroxylation is 1. The first-order valence-corrected chi connectivity index (χ1v) is 6.06. The number of carbonyl (C=O) groups is 1. The van der Waals surface area contributed by atoms with Crippen LogP contribution in [0.5, 0.6) is 0 Å². The van der Waals surface area contributed by atoms with E-state index in [1.54, 1.807) is 6.07 Å². The Morgan fingerprint density at radius 1 is 1.44 bits per heavy atom. The number of furan rings is 1. The number of halogens is 1. The fourth-order valence-corrected chi connectivity index (χ4v) is 2.23. The Balaban J connectivity index is 2.05. The van der Waals surface area contributed by atoms with Gasteiger partial charge in [0.15, 0.2) is 5.76 Å². The minimum Gasteiger partial charge on any atom is -0.457 e. The van der Waals surface area contributed by atoms with Crippen molar-refractivity contribution in [3.8, 4) is 0 Å². The second kappa shape index (κ2) is 5.02. The third-order valence-corrected chi connectivity index (χ3v) is 3.24. The van der Waals surface area contributed by atoms with E-state index < -0.39 is 5.24 Å². The zero-order valence-electron chi connectivity index (χ0n) is 9.46. The van der Waals surface area contributed by atoms with Gasteiger partial charge in [0.05, 0.1) is 0 Å². The van der Waals surface area contributed by atoms with Gasteiger partial charge in [-0.2, -0.15) is 0 Å². The van der Waals surface area contributed by atoms with Gasteiger partial charge in [0, 0.05) is 12.1 Å². The van der Waals surface area contributed by atoms with E-state index in [2.05, 4.69) is 4.90 Å². The molecule has 88 valence electrons. The quantitative estimate of drug-likeness (QED) is 0.763. The van der Waals surface area contributed by atoms with Gasteiger partial charge >= 0.3 is 0 Å². The first kappa shape index (κ1) is 11.7. The molecular weight excluding hydrogens is 226 g/mol. The maximum Gasteiger partial charge on any atom is 0.287 e. The molecule has 0 aliphatic carbocycles. The normalized spacial score (nSPS) is 17.6. The first-order chi connectivity index (χ1) is 7.66. The molecule has 2 heterocycles. The molecule has 0 N–H and O–H groups in total. The molecule has 1 aromatic rings. The van der Waals surface area contributed by atoms with Gasteiger partial charge in [-0.05, 0) is 50.5 Å². The molecule has 0 aromatic carbocycles. The molecule has 4 heteroatoms. The maximum absolute atomic E-state index is 11.0. The number of hydrogen-bond acceptors (Lipinski definition) is 3. The number of hydrogen-bond donors (Lipinski definition) is 0. The third-order valence-electron chi connectivity index (χ3n) is 3.06. The lowest BCUT2D eigenvalue weighted by molar-refractivity contribution is 0.105. The summed E-state index contributed by atoms with van der Waals surface area (Å²) in [5.41, 5.74) is 1.07. The summed E-state index contributed by atoms with van der Waals surface area (Å²) in [7, 11) is 0. The zero-order chi connectivity index (χ0) is 11.5. The highest BCUT2D eigenvalue weighted by Crippen LogP contribution is 2.20. The minimum absolute atomic E-state index is 0.256. The molecule has 0 amide bonds. The lowest BCUT2D eigenvalue weighted by atomic mass is 10.1. The van der Waals surface area contributed by atoms with Crippen molar-refractivity contribution in [2.75, 3.05) is 13.1 Å². The topological polar surface area (TPSA) is 33.5 Å². The highest BCUT2D eigenvalue weighted by Gasteiger charge is 2.16. The number of likely N-dealkylation sites (tertiary alicyclic amines) is 1. The van der Waals surface area contributed by atoms with E-state index in [9.17, 15) is 4.79 Å². The molecule has 0 bridgehead atoms. The van der Waals surface area contributed by atoms with Gasteiger partial charge in [0.25, 0.3) is 5.24 Å². The Bertz CT molecular complexity index is 380. The molecule has 1 aliphatic heterocycles. The van der Waals surface area contributed by atoms with E-state index in [4.69, 9.17) is 16.0 Å². The molecule has 2 rings (SSSR count). The predicted octanol–water partition coefficient (Wildman–Crippen LogP) is 2.95. The average molecular weight is 242 g/mol. The van der Waals surface area contributed by atoms with Crippen LogP contribution in [-0.4, -0.2) is 23.2 Å². The standard InChI is InChI=1S/C12H16ClNO2/c1-9-10(7-11(16-9)12(13)15)8-14-5-3-2-4-6-14/h7H,2-6,8H2,1H3. The van der Waals surface area contributed by atoms with Crippen molar-refractivity contribution in [1.82, 2.24) is 4.90 Å². The van der Waals surface area contributed by atoms with E-state index in [0.29, 0.717) is 0 Å². The zero-order valence-corrected chi connectivity index (χ0v) is 10.2. The van der Waals surface area contributed by atoms with Crippen molar-refractivity contribution in [3.63, 3.8) is 0 Å². The summed E-state index contributed by atoms with van der Waals surface area (Å²) in [5, 5.41) is -0.520. The Kier molecular flexibility index (Phi) is 3.66. The summed E-state index contributed by atoms with van der Waals surface area (Å²) in [6, 6.07) is 1.76. The third kappa shape index (κ3) is 2.66. The second-order valence-corrected chi connectivity index (χ2v) is 4.65. The Morgan fingerprint density at radius 2 is 2.12 bits per heavy atom. The van der Waals surface area contributed by atoms with E-state index in [1.165, 1.54) is 19.3 Å². The van der Waals surface area contributed by atoms with E-state index in [1.807, 2.05) is 6.92 Å². The largest absolute Gasteiger partial charge is 0.457 e. The van der Waals surface area contributed by atoms with Crippen LogP contribution in [0.4, 0.5) is 0 Å². The molecule has 0 spiro atoms. The Labute approximate surface area is 100 Å². The maximum atomic E-state index is 11.0. The lowest BCUT2D eigenvalue weighted by Gasteiger charge is -2.25. The van der Waals surface area contributed by atoms with Gasteiger partial charge in [-0.25, -0.2) is 0 Å². The second-order valence-electron chi connectivity index (χ2n) is 4.30. The number of rotatable bonds is 3. The van der Waals surface area contributed by atoms with Crippen molar-refractivity contribution < 1.29 is 9.21 Å². The summed E-state index contributed by atoms with van der Waals surface area (Å²) < 4.78 is 5.31. The highest BCUT2D eigenvalue weighted by atomic mass is 35.5. The van der Waals surface area contributed by atoms with E-state index >= 15 is 0 Å². The van der Waals surface area contributed by atoms with Crippen LogP contribution in [0.2, 0.25) is 0 Å². The molecule has 1 saturated heterocycles. The van der Waals surface area contributed by atoms with Crippen LogP contribution in [0.3, 0.4) is 0 Å². The van der Waals surface area contributed by atoms with Gasteiger partial charge in [-0.1, -0.05) is 6.42 Å². The molecule has 0 radical (unpaired) electrons. The Hall–Kier alpha value is -0.800. The number of nitrogens with zero attached hydrogens (tertiary/aromatic N) is 1. The highest BCUT2D eigenvalue weighted by molar-refractivity contribution is 6.67. The van der Waals surface area contributed by atoms with Gasteiger partial charge in [-0.3, -0.25) is 9.69 Å². The van der Waals surface area contributed by atoms with Crippen molar-refractivity contribution in [2.45, 2.75) is 32.7 Å². The van der Waals surface area contributed by atoms with Crippen LogP contribution < -0.4 is 0 Å². The van der Waals surface area contributed by atoms with Gasteiger partial charge in [-0.15, -0.1) is 0 Å². The van der Waals surface area contributed by atoms with E-state index in [-0.39, 0.29) is 5.76 Å². The molecule has 16 heavy (non-hydrogen) atoms. The minimum atomic E-state index is -0.520. The fourth-order valence-electron chi connectivity index (χ4n) is 2.13. The van der Waals surface area contributed by atoms with Crippen LogP contribution in [0, 0.1) is 6.92 Å². The summed E-state index contributed by atoms with van der Waals surface area (Å²) in [5.74, 6) is 1.06. The molecule has 1 aromatic heterocycles. The van der Waals surface area contributed by atoms with Crippen LogP contribution >= 0.6 is 11.6 Å². The molecule has 0 atom stereocenters. The smallest absolute Gasteiger partial charge is 0.287 e. The fraction of sp³-hybridized carbons (Fsp3) is 0.583. The monoisotopic (exact) mass is 241 g/mol. The van der Waals surface area contributed by atoms with Crippen LogP contribution in [-0.2, 0) is 6.54 Å². The van der Waals surface area contributed by atoms with Crippen LogP contribution in [0.25, 0.3) is 0 Å². The molecule has 1 fully saturated rings. The molecule has 3 nitrogen and oxygen atoms in total. The van der Waals surface area contributed by atoms with Gasteiger partial charge < -0.3 is 4.42 Å². The van der Waals surface area contributed by atoms with Crippen LogP contribution in [0.1, 0.15) is 41.1 Å². The summed E-state index contributed by atoms with van der Waals surface area (Å²) in [4.78, 5) is 13.4. The summed E-state index contributed by atoms with van der Waals surface area (Å²) in [6.07, 6.45) is 3.85. The predicted molar refractivity (Wildman–Crippen MR) is 62.8 cm³/mol. The molecule has 1 aliphatic rings. The Morgan fingerprint density at radius 3 is 2.69 bits per heavy atom. The molecular formula is C12H16ClNO2. The van der Waals surface area contributed by atoms with Crippen molar-refractivity contribution in [2.24, 2.45) is 0 Å². The SMILES string of the molecule is Cc1oc(C(=O)Cl)cc1CN1CCCCC1.